The fraction of sp³-hybridized carbons (Fsp3) is 0.333. The van der Waals surface area contributed by atoms with Crippen molar-refractivity contribution in [3.05, 3.63) is 29.3 Å². The van der Waals surface area contributed by atoms with Gasteiger partial charge in [0.15, 0.2) is 0 Å². The van der Waals surface area contributed by atoms with Gasteiger partial charge in [-0.25, -0.2) is 8.99 Å². The lowest BCUT2D eigenvalue weighted by molar-refractivity contribution is 0.678. The summed E-state index contributed by atoms with van der Waals surface area (Å²) in [5.74, 6) is 0. The van der Waals surface area contributed by atoms with Crippen molar-refractivity contribution in [3.8, 4) is 0 Å². The number of rotatable bonds is 1. The van der Waals surface area contributed by atoms with Crippen LogP contribution in [0.4, 0.5) is 0 Å². The molecule has 0 amide bonds. The minimum Gasteiger partial charge on any atom is -0.249 e. The van der Waals surface area contributed by atoms with Crippen molar-refractivity contribution in [2.45, 2.75) is 18.7 Å². The molecule has 1 rings (SSSR count). The minimum absolute atomic E-state index is 0.655. The van der Waals surface area contributed by atoms with Gasteiger partial charge in [-0.2, -0.15) is 0 Å². The highest BCUT2D eigenvalue weighted by Gasteiger charge is 2.06. The quantitative estimate of drug-likeness (QED) is 0.713. The van der Waals surface area contributed by atoms with Crippen molar-refractivity contribution in [1.82, 2.24) is 0 Å². The summed E-state index contributed by atoms with van der Waals surface area (Å²) in [5.41, 5.74) is 1.99. The molecule has 0 aliphatic carbocycles. The Kier molecular flexibility index (Phi) is 2.24. The maximum atomic E-state index is 11.4. The van der Waals surface area contributed by atoms with Gasteiger partial charge in [-0.15, -0.1) is 0 Å². The van der Waals surface area contributed by atoms with Gasteiger partial charge in [-0.05, 0) is 31.0 Å². The standard InChI is InChI=1S/C9H13NOS/c1-7-4-5-8(2)9(6-7)12(3,10)11/h4-6,10H,1-3H3/t12-/m0/s1. The molecule has 1 atom stereocenters. The summed E-state index contributed by atoms with van der Waals surface area (Å²) in [5, 5.41) is 0. The van der Waals surface area contributed by atoms with Crippen molar-refractivity contribution >= 4 is 9.73 Å². The van der Waals surface area contributed by atoms with E-state index < -0.39 is 9.73 Å². The van der Waals surface area contributed by atoms with Gasteiger partial charge in [-0.1, -0.05) is 12.1 Å². The van der Waals surface area contributed by atoms with Crippen molar-refractivity contribution in [3.63, 3.8) is 0 Å². The molecule has 0 saturated heterocycles. The predicted molar refractivity (Wildman–Crippen MR) is 51.0 cm³/mol. The van der Waals surface area contributed by atoms with E-state index in [4.69, 9.17) is 4.78 Å². The van der Waals surface area contributed by atoms with Crippen LogP contribution in [0.1, 0.15) is 11.1 Å². The summed E-state index contributed by atoms with van der Waals surface area (Å²) in [7, 11) is -2.56. The Morgan fingerprint density at radius 1 is 1.33 bits per heavy atom. The number of aryl methyl sites for hydroxylation is 2. The van der Waals surface area contributed by atoms with Gasteiger partial charge in [0.25, 0.3) is 0 Å². The van der Waals surface area contributed by atoms with E-state index in [1.54, 1.807) is 0 Å². The molecule has 0 radical (unpaired) electrons. The third kappa shape index (κ3) is 1.85. The zero-order valence-electron chi connectivity index (χ0n) is 7.55. The van der Waals surface area contributed by atoms with Crippen LogP contribution in [0.5, 0.6) is 0 Å². The first-order chi connectivity index (χ1) is 5.41. The fourth-order valence-electron chi connectivity index (χ4n) is 1.13. The Bertz CT molecular complexity index is 393. The van der Waals surface area contributed by atoms with E-state index >= 15 is 0 Å². The molecule has 1 N–H and O–H groups in total. The Labute approximate surface area is 73.6 Å². The van der Waals surface area contributed by atoms with Crippen LogP contribution in [0.15, 0.2) is 23.1 Å². The molecule has 0 aliphatic rings. The normalized spacial score (nSPS) is 15.6. The van der Waals surface area contributed by atoms with Crippen molar-refractivity contribution in [1.29, 1.82) is 4.78 Å². The van der Waals surface area contributed by atoms with Crippen LogP contribution in [-0.4, -0.2) is 10.5 Å². The molecule has 0 aromatic heterocycles. The van der Waals surface area contributed by atoms with E-state index in [1.807, 2.05) is 32.0 Å². The first-order valence-corrected chi connectivity index (χ1v) is 5.69. The molecule has 3 heteroatoms. The summed E-state index contributed by atoms with van der Waals surface area (Å²) < 4.78 is 18.9. The molecule has 0 spiro atoms. The number of hydrogen-bond acceptors (Lipinski definition) is 2. The SMILES string of the molecule is Cc1ccc(C)c([S@@](C)(=N)=O)c1. The molecule has 0 heterocycles. The molecule has 1 aromatic carbocycles. The summed E-state index contributed by atoms with van der Waals surface area (Å²) in [6.45, 7) is 3.82. The second-order valence-electron chi connectivity index (χ2n) is 3.11. The van der Waals surface area contributed by atoms with Crippen LogP contribution in [0, 0.1) is 18.6 Å². The summed E-state index contributed by atoms with van der Waals surface area (Å²) in [4.78, 5) is 0.655. The first-order valence-electron chi connectivity index (χ1n) is 3.72. The van der Waals surface area contributed by atoms with Crippen LogP contribution < -0.4 is 0 Å². The molecule has 0 aliphatic heterocycles. The Morgan fingerprint density at radius 3 is 2.33 bits per heavy atom. The monoisotopic (exact) mass is 183 g/mol. The van der Waals surface area contributed by atoms with E-state index in [-0.39, 0.29) is 0 Å². The second kappa shape index (κ2) is 2.90. The van der Waals surface area contributed by atoms with Crippen molar-refractivity contribution < 1.29 is 4.21 Å². The molecule has 2 nitrogen and oxygen atoms in total. The Morgan fingerprint density at radius 2 is 1.92 bits per heavy atom. The highest BCUT2D eigenvalue weighted by molar-refractivity contribution is 7.91. The first kappa shape index (κ1) is 9.26. The molecule has 0 bridgehead atoms. The molecule has 0 unspecified atom stereocenters. The topological polar surface area (TPSA) is 40.9 Å². The predicted octanol–water partition coefficient (Wildman–Crippen LogP) is 2.34. The lowest BCUT2D eigenvalue weighted by Crippen LogP contribution is -1.98. The number of benzene rings is 1. The van der Waals surface area contributed by atoms with Gasteiger partial charge in [0.1, 0.15) is 0 Å². The van der Waals surface area contributed by atoms with Crippen LogP contribution in [0.25, 0.3) is 0 Å². The van der Waals surface area contributed by atoms with Crippen LogP contribution in [-0.2, 0) is 9.73 Å². The maximum absolute atomic E-state index is 11.4. The molecule has 66 valence electrons. The smallest absolute Gasteiger partial charge is 0.0699 e. The highest BCUT2D eigenvalue weighted by atomic mass is 32.2. The maximum Gasteiger partial charge on any atom is 0.0699 e. The largest absolute Gasteiger partial charge is 0.249 e. The van der Waals surface area contributed by atoms with E-state index in [2.05, 4.69) is 0 Å². The average Bonchev–Trinajstić information content (AvgIpc) is 1.92. The van der Waals surface area contributed by atoms with Crippen LogP contribution in [0.3, 0.4) is 0 Å². The van der Waals surface area contributed by atoms with Crippen LogP contribution in [0.2, 0.25) is 0 Å². The molecular formula is C9H13NOS. The average molecular weight is 183 g/mol. The lowest BCUT2D eigenvalue weighted by Gasteiger charge is -2.05. The zero-order chi connectivity index (χ0) is 9.35. The van der Waals surface area contributed by atoms with Gasteiger partial charge in [0, 0.05) is 6.26 Å². The van der Waals surface area contributed by atoms with Gasteiger partial charge in [0.05, 0.1) is 14.6 Å². The second-order valence-corrected chi connectivity index (χ2v) is 5.24. The molecule has 0 saturated carbocycles. The van der Waals surface area contributed by atoms with Gasteiger partial charge in [-0.3, -0.25) is 0 Å². The van der Waals surface area contributed by atoms with Gasteiger partial charge < -0.3 is 0 Å². The molecular weight excluding hydrogens is 170 g/mol. The summed E-state index contributed by atoms with van der Waals surface area (Å²) >= 11 is 0. The summed E-state index contributed by atoms with van der Waals surface area (Å²) in [6, 6.07) is 5.69. The fourth-order valence-corrected chi connectivity index (χ4v) is 2.22. The third-order valence-electron chi connectivity index (χ3n) is 1.76. The van der Waals surface area contributed by atoms with E-state index in [9.17, 15) is 4.21 Å². The Balaban J connectivity index is 3.43. The number of nitrogens with one attached hydrogen (secondary N) is 1. The van der Waals surface area contributed by atoms with E-state index in [1.165, 1.54) is 6.26 Å². The Hall–Kier alpha value is -0.830. The van der Waals surface area contributed by atoms with Gasteiger partial charge in [0.2, 0.25) is 0 Å². The zero-order valence-corrected chi connectivity index (χ0v) is 8.37. The third-order valence-corrected chi connectivity index (χ3v) is 3.04. The molecule has 1 aromatic rings. The highest BCUT2D eigenvalue weighted by Crippen LogP contribution is 2.16. The minimum atomic E-state index is -2.56. The van der Waals surface area contributed by atoms with Crippen LogP contribution >= 0.6 is 0 Å². The number of hydrogen-bond donors (Lipinski definition) is 1. The van der Waals surface area contributed by atoms with Gasteiger partial charge >= 0.3 is 0 Å². The molecule has 12 heavy (non-hydrogen) atoms. The lowest BCUT2D eigenvalue weighted by atomic mass is 10.2. The van der Waals surface area contributed by atoms with Crippen molar-refractivity contribution in [2.75, 3.05) is 6.26 Å². The summed E-state index contributed by atoms with van der Waals surface area (Å²) in [6.07, 6.45) is 1.45. The van der Waals surface area contributed by atoms with E-state index in [0.717, 1.165) is 11.1 Å². The van der Waals surface area contributed by atoms with Crippen molar-refractivity contribution in [2.24, 2.45) is 0 Å². The van der Waals surface area contributed by atoms with E-state index in [0.29, 0.717) is 4.90 Å². The molecule has 0 fully saturated rings.